The van der Waals surface area contributed by atoms with Crippen LogP contribution in [0.1, 0.15) is 0 Å². The van der Waals surface area contributed by atoms with Gasteiger partial charge in [0.25, 0.3) is 16.1 Å². The first kappa shape index (κ1) is 18.0. The van der Waals surface area contributed by atoms with E-state index in [0.717, 1.165) is 12.7 Å². The molecule has 0 radical (unpaired) electrons. The largest absolute Gasteiger partial charge is 0.369 e. The summed E-state index contributed by atoms with van der Waals surface area (Å²) in [7, 11) is -2.83. The zero-order chi connectivity index (χ0) is 17.2. The summed E-state index contributed by atoms with van der Waals surface area (Å²) in [6.07, 6.45) is -1.88. The van der Waals surface area contributed by atoms with Crippen molar-refractivity contribution in [3.8, 4) is 0 Å². The van der Waals surface area contributed by atoms with Gasteiger partial charge in [-0.1, -0.05) is 11.6 Å². The lowest BCUT2D eigenvalue weighted by atomic mass is 10.2. The van der Waals surface area contributed by atoms with Crippen molar-refractivity contribution < 1.29 is 18.3 Å². The number of carbonyl (C=O) groups is 1. The molecular weight excluding hydrogens is 344 g/mol. The summed E-state index contributed by atoms with van der Waals surface area (Å²) in [5.41, 5.74) is 5.90. The molecule has 1 amide bonds. The number of nitrogens with two attached hydrogens (primary N) is 1. The van der Waals surface area contributed by atoms with Crippen molar-refractivity contribution in [1.29, 1.82) is 0 Å². The van der Waals surface area contributed by atoms with Crippen LogP contribution in [0.15, 0.2) is 24.3 Å². The number of hydrogen-bond donors (Lipinski definition) is 2. The van der Waals surface area contributed by atoms with Crippen molar-refractivity contribution in [3.63, 3.8) is 0 Å². The number of nitrogens with zero attached hydrogens (tertiary/aromatic N) is 3. The summed E-state index contributed by atoms with van der Waals surface area (Å²) in [4.78, 5) is 13.0. The van der Waals surface area contributed by atoms with Crippen molar-refractivity contribution in [3.05, 3.63) is 29.3 Å². The first-order valence-corrected chi connectivity index (χ1v) is 8.72. The molecule has 1 saturated heterocycles. The Labute approximate surface area is 140 Å². The fourth-order valence-corrected chi connectivity index (χ4v) is 3.79. The second-order valence-electron chi connectivity index (χ2n) is 5.16. The SMILES string of the molecule is CN(C(O)C(N)=O)S(=O)(=O)N1CCN(c2ccc(Cl)cc2)CC1. The van der Waals surface area contributed by atoms with Gasteiger partial charge < -0.3 is 15.7 Å². The molecule has 1 unspecified atom stereocenters. The van der Waals surface area contributed by atoms with E-state index in [0.29, 0.717) is 22.4 Å². The van der Waals surface area contributed by atoms with Crippen molar-refractivity contribution >= 4 is 33.4 Å². The Hall–Kier alpha value is -1.39. The highest BCUT2D eigenvalue weighted by Crippen LogP contribution is 2.21. The van der Waals surface area contributed by atoms with Crippen molar-refractivity contribution in [2.24, 2.45) is 5.73 Å². The molecule has 1 aliphatic heterocycles. The highest BCUT2D eigenvalue weighted by atomic mass is 35.5. The van der Waals surface area contributed by atoms with Gasteiger partial charge in [0.15, 0.2) is 0 Å². The molecule has 3 N–H and O–H groups in total. The summed E-state index contributed by atoms with van der Waals surface area (Å²) < 4.78 is 26.5. The zero-order valence-electron chi connectivity index (χ0n) is 12.6. The minimum atomic E-state index is -3.95. The number of aliphatic hydroxyl groups is 1. The first-order valence-electron chi connectivity index (χ1n) is 6.94. The maximum absolute atomic E-state index is 12.4. The number of piperazine rings is 1. The van der Waals surface area contributed by atoms with E-state index >= 15 is 0 Å². The van der Waals surface area contributed by atoms with Crippen LogP contribution in [0, 0.1) is 0 Å². The van der Waals surface area contributed by atoms with Crippen LogP contribution in [0.3, 0.4) is 0 Å². The van der Waals surface area contributed by atoms with Gasteiger partial charge in [-0.25, -0.2) is 0 Å². The molecule has 1 heterocycles. The molecule has 1 aromatic carbocycles. The Morgan fingerprint density at radius 2 is 1.78 bits per heavy atom. The smallest absolute Gasteiger partial charge is 0.284 e. The second-order valence-corrected chi connectivity index (χ2v) is 7.59. The van der Waals surface area contributed by atoms with E-state index in [4.69, 9.17) is 17.3 Å². The Bertz CT molecular complexity index is 659. The van der Waals surface area contributed by atoms with Crippen LogP contribution in [-0.2, 0) is 15.0 Å². The Kier molecular flexibility index (Phi) is 5.48. The molecule has 0 aromatic heterocycles. The molecule has 8 nitrogen and oxygen atoms in total. The van der Waals surface area contributed by atoms with Gasteiger partial charge in [-0.15, -0.1) is 0 Å². The van der Waals surface area contributed by atoms with Crippen LogP contribution >= 0.6 is 11.6 Å². The number of amides is 1. The summed E-state index contributed by atoms with van der Waals surface area (Å²) in [6, 6.07) is 7.29. The monoisotopic (exact) mass is 362 g/mol. The lowest BCUT2D eigenvalue weighted by Crippen LogP contribution is -2.56. The van der Waals surface area contributed by atoms with Crippen LogP contribution in [0.5, 0.6) is 0 Å². The number of rotatable bonds is 5. The topological polar surface area (TPSA) is 107 Å². The maximum atomic E-state index is 12.4. The third-order valence-electron chi connectivity index (χ3n) is 3.72. The fourth-order valence-electron chi connectivity index (χ4n) is 2.32. The van der Waals surface area contributed by atoms with E-state index in [2.05, 4.69) is 0 Å². The normalized spacial score (nSPS) is 18.2. The zero-order valence-corrected chi connectivity index (χ0v) is 14.2. The van der Waals surface area contributed by atoms with Gasteiger partial charge in [0.1, 0.15) is 0 Å². The molecule has 10 heteroatoms. The molecule has 2 rings (SSSR count). The molecule has 1 fully saturated rings. The molecule has 0 bridgehead atoms. The maximum Gasteiger partial charge on any atom is 0.284 e. The molecule has 0 saturated carbocycles. The van der Waals surface area contributed by atoms with Crippen molar-refractivity contribution in [2.45, 2.75) is 6.23 Å². The van der Waals surface area contributed by atoms with E-state index in [9.17, 15) is 18.3 Å². The molecular formula is C13H19ClN4O4S. The Morgan fingerprint density at radius 3 is 2.26 bits per heavy atom. The van der Waals surface area contributed by atoms with Crippen LogP contribution < -0.4 is 10.6 Å². The van der Waals surface area contributed by atoms with Gasteiger partial charge in [0, 0.05) is 43.9 Å². The standard InChI is InChI=1S/C13H19ClN4O4S/c1-16(13(20)12(15)19)23(21,22)18-8-6-17(7-9-18)11-4-2-10(14)3-5-11/h2-5,13,20H,6-9H2,1H3,(H2,15,19). The van der Waals surface area contributed by atoms with E-state index in [1.165, 1.54) is 4.31 Å². The molecule has 0 spiro atoms. The highest BCUT2D eigenvalue weighted by molar-refractivity contribution is 7.86. The van der Waals surface area contributed by atoms with E-state index in [-0.39, 0.29) is 13.1 Å². The van der Waals surface area contributed by atoms with Gasteiger partial charge in [-0.05, 0) is 24.3 Å². The van der Waals surface area contributed by atoms with Crippen molar-refractivity contribution in [2.75, 3.05) is 38.1 Å². The Morgan fingerprint density at radius 1 is 1.26 bits per heavy atom. The summed E-state index contributed by atoms with van der Waals surface area (Å²) in [5, 5.41) is 10.2. The van der Waals surface area contributed by atoms with Crippen LogP contribution in [0.25, 0.3) is 0 Å². The average Bonchev–Trinajstić information content (AvgIpc) is 2.54. The van der Waals surface area contributed by atoms with Crippen molar-refractivity contribution in [1.82, 2.24) is 8.61 Å². The predicted octanol–water partition coefficient (Wildman–Crippen LogP) is -0.558. The second kappa shape index (κ2) is 7.02. The van der Waals surface area contributed by atoms with E-state index < -0.39 is 22.3 Å². The van der Waals surface area contributed by atoms with Gasteiger partial charge in [-0.3, -0.25) is 4.79 Å². The quantitative estimate of drug-likeness (QED) is 0.683. The van der Waals surface area contributed by atoms with E-state index in [1.807, 2.05) is 17.0 Å². The average molecular weight is 363 g/mol. The number of aliphatic hydroxyl groups excluding tert-OH is 1. The molecule has 0 aliphatic carbocycles. The molecule has 128 valence electrons. The number of carbonyl (C=O) groups excluding carboxylic acids is 1. The van der Waals surface area contributed by atoms with Gasteiger partial charge in [-0.2, -0.15) is 17.0 Å². The van der Waals surface area contributed by atoms with E-state index in [1.54, 1.807) is 12.1 Å². The molecule has 1 aliphatic rings. The Balaban J connectivity index is 2.03. The number of anilines is 1. The minimum Gasteiger partial charge on any atom is -0.369 e. The summed E-state index contributed by atoms with van der Waals surface area (Å²) in [5.74, 6) is -1.11. The van der Waals surface area contributed by atoms with Gasteiger partial charge >= 0.3 is 0 Å². The predicted molar refractivity (Wildman–Crippen MR) is 87.1 cm³/mol. The van der Waals surface area contributed by atoms with Crippen LogP contribution in [-0.4, -0.2) is 67.5 Å². The van der Waals surface area contributed by atoms with Gasteiger partial charge in [0.2, 0.25) is 6.23 Å². The minimum absolute atomic E-state index is 0.237. The molecule has 23 heavy (non-hydrogen) atoms. The van der Waals surface area contributed by atoms with Crippen LogP contribution in [0.4, 0.5) is 5.69 Å². The number of halogens is 1. The molecule has 1 atom stereocenters. The number of benzene rings is 1. The highest BCUT2D eigenvalue weighted by Gasteiger charge is 2.35. The van der Waals surface area contributed by atoms with Gasteiger partial charge in [0.05, 0.1) is 0 Å². The summed E-state index contributed by atoms with van der Waals surface area (Å²) in [6.45, 7) is 1.45. The third kappa shape index (κ3) is 3.93. The molecule has 1 aromatic rings. The van der Waals surface area contributed by atoms with Crippen LogP contribution in [0.2, 0.25) is 5.02 Å². The number of primary amides is 1. The lowest BCUT2D eigenvalue weighted by molar-refractivity contribution is -0.131. The number of hydrogen-bond acceptors (Lipinski definition) is 5. The number of likely N-dealkylation sites (N-methyl/N-ethyl adjacent to an activating group) is 1. The summed E-state index contributed by atoms with van der Waals surface area (Å²) >= 11 is 5.85. The fraction of sp³-hybridized carbons (Fsp3) is 0.462. The first-order chi connectivity index (χ1) is 10.7. The third-order valence-corrected chi connectivity index (χ3v) is 5.92. The lowest BCUT2D eigenvalue weighted by Gasteiger charge is -2.37.